The molecule has 0 aliphatic carbocycles. The van der Waals surface area contributed by atoms with Crippen LogP contribution in [0.2, 0.25) is 0 Å². The van der Waals surface area contributed by atoms with E-state index in [1.165, 1.54) is 0 Å². The van der Waals surface area contributed by atoms with E-state index in [0.29, 0.717) is 56.7 Å². The molecule has 7 nitrogen and oxygen atoms in total. The molecule has 0 heterocycles. The lowest BCUT2D eigenvalue weighted by Crippen LogP contribution is -2.09. The van der Waals surface area contributed by atoms with Crippen LogP contribution in [0.5, 0.6) is 34.5 Å². The van der Waals surface area contributed by atoms with Crippen molar-refractivity contribution in [2.24, 2.45) is 0 Å². The second-order valence-electron chi connectivity index (χ2n) is 14.8. The van der Waals surface area contributed by atoms with Gasteiger partial charge in [0.15, 0.2) is 34.5 Å². The SMILES string of the molecule is C#CCCCCCCCCC(=O)Oc1cc2c3cc(OCCCC)c(OCCCC)cc3c3cc(OCCCC)c(OCCCC)cc3c2cc1OCCCC. The summed E-state index contributed by atoms with van der Waals surface area (Å²) in [5, 5.41) is 5.91. The van der Waals surface area contributed by atoms with E-state index in [4.69, 9.17) is 34.8 Å². The largest absolute Gasteiger partial charge is 0.490 e. The highest BCUT2D eigenvalue weighted by Crippen LogP contribution is 2.47. The second kappa shape index (κ2) is 25.0. The molecule has 0 aromatic heterocycles. The lowest BCUT2D eigenvalue weighted by molar-refractivity contribution is -0.134. The van der Waals surface area contributed by atoms with Crippen molar-refractivity contribution in [1.29, 1.82) is 0 Å². The summed E-state index contributed by atoms with van der Waals surface area (Å²) >= 11 is 0. The summed E-state index contributed by atoms with van der Waals surface area (Å²) in [6.07, 6.45) is 22.5. The highest BCUT2D eigenvalue weighted by atomic mass is 16.6. The van der Waals surface area contributed by atoms with Crippen LogP contribution in [0.3, 0.4) is 0 Å². The fraction of sp³-hybridized carbons (Fsp3) is 0.571. The zero-order valence-electron chi connectivity index (χ0n) is 35.2. The number of rotatable bonds is 29. The first-order valence-electron chi connectivity index (χ1n) is 21.8. The number of carbonyl (C=O) groups is 1. The van der Waals surface area contributed by atoms with Gasteiger partial charge in [-0.15, -0.1) is 12.3 Å². The predicted octanol–water partition coefficient (Wildman–Crippen LogP) is 13.7. The summed E-state index contributed by atoms with van der Waals surface area (Å²) in [4.78, 5) is 13.4. The maximum absolute atomic E-state index is 13.4. The molecule has 0 bridgehead atoms. The van der Waals surface area contributed by atoms with Gasteiger partial charge in [0.25, 0.3) is 0 Å². The summed E-state index contributed by atoms with van der Waals surface area (Å²) in [6.45, 7) is 13.7. The quantitative estimate of drug-likeness (QED) is 0.0179. The van der Waals surface area contributed by atoms with E-state index in [9.17, 15) is 4.79 Å². The van der Waals surface area contributed by atoms with Crippen molar-refractivity contribution in [2.45, 2.75) is 150 Å². The Hall–Kier alpha value is -4.31. The Kier molecular flexibility index (Phi) is 19.9. The van der Waals surface area contributed by atoms with E-state index in [1.807, 2.05) is 12.1 Å². The minimum absolute atomic E-state index is 0.252. The number of ether oxygens (including phenoxy) is 6. The molecule has 0 aliphatic heterocycles. The molecule has 0 radical (unpaired) electrons. The fourth-order valence-electron chi connectivity index (χ4n) is 6.67. The zero-order valence-corrected chi connectivity index (χ0v) is 35.2. The summed E-state index contributed by atoms with van der Waals surface area (Å²) in [7, 11) is 0. The van der Waals surface area contributed by atoms with Gasteiger partial charge in [0.1, 0.15) is 0 Å². The minimum Gasteiger partial charge on any atom is -0.490 e. The van der Waals surface area contributed by atoms with Crippen LogP contribution in [-0.2, 0) is 4.79 Å². The molecule has 0 fully saturated rings. The Morgan fingerprint density at radius 3 is 1.04 bits per heavy atom. The summed E-state index contributed by atoms with van der Waals surface area (Å²) in [5.41, 5.74) is 0. The maximum atomic E-state index is 13.4. The lowest BCUT2D eigenvalue weighted by Gasteiger charge is -2.20. The Bertz CT molecular complexity index is 1790. The molecule has 4 aromatic carbocycles. The van der Waals surface area contributed by atoms with Crippen molar-refractivity contribution in [3.63, 3.8) is 0 Å². The standard InChI is InChI=1S/C49H68O7/c1-7-13-19-20-21-22-23-24-25-49(50)56-48-36-42-40-34-46(54-29-17-11-5)44(52-27-15-9-3)32-38(40)37-31-43(51-26-14-8-2)45(53-28-16-10-4)33-39(37)41(42)35-47(48)55-30-18-12-6/h1,31-36H,8-30H2,2-6H3. The van der Waals surface area contributed by atoms with Crippen LogP contribution in [0.25, 0.3) is 32.3 Å². The Labute approximate surface area is 337 Å². The van der Waals surface area contributed by atoms with Gasteiger partial charge in [-0.2, -0.15) is 0 Å². The van der Waals surface area contributed by atoms with Crippen LogP contribution in [0.15, 0.2) is 36.4 Å². The van der Waals surface area contributed by atoms with Gasteiger partial charge in [-0.25, -0.2) is 0 Å². The van der Waals surface area contributed by atoms with Crippen LogP contribution in [0, 0.1) is 12.3 Å². The molecule has 306 valence electrons. The monoisotopic (exact) mass is 768 g/mol. The number of benzene rings is 4. The molecule has 4 rings (SSSR count). The molecule has 0 atom stereocenters. The molecule has 0 unspecified atom stereocenters. The number of esters is 1. The Morgan fingerprint density at radius 1 is 0.429 bits per heavy atom. The van der Waals surface area contributed by atoms with Crippen LogP contribution >= 0.6 is 0 Å². The summed E-state index contributed by atoms with van der Waals surface area (Å²) < 4.78 is 38.3. The molecule has 0 saturated carbocycles. The molecular weight excluding hydrogens is 701 g/mol. The molecule has 0 spiro atoms. The predicted molar refractivity (Wildman–Crippen MR) is 232 cm³/mol. The van der Waals surface area contributed by atoms with Crippen molar-refractivity contribution in [2.75, 3.05) is 33.0 Å². The summed E-state index contributed by atoms with van der Waals surface area (Å²) in [5.74, 6) is 6.34. The van der Waals surface area contributed by atoms with Gasteiger partial charge in [-0.05, 0) is 114 Å². The van der Waals surface area contributed by atoms with Gasteiger partial charge in [0, 0.05) is 12.8 Å². The molecule has 0 N–H and O–H groups in total. The highest BCUT2D eigenvalue weighted by molar-refractivity contribution is 6.27. The third kappa shape index (κ3) is 13.1. The van der Waals surface area contributed by atoms with Crippen LogP contribution in [-0.4, -0.2) is 39.0 Å². The van der Waals surface area contributed by atoms with Gasteiger partial charge in [-0.1, -0.05) is 92.4 Å². The molecule has 0 amide bonds. The maximum Gasteiger partial charge on any atom is 0.311 e. The zero-order chi connectivity index (χ0) is 40.0. The van der Waals surface area contributed by atoms with E-state index in [-0.39, 0.29) is 5.97 Å². The first kappa shape index (κ1) is 44.4. The minimum atomic E-state index is -0.252. The van der Waals surface area contributed by atoms with Crippen molar-refractivity contribution in [1.82, 2.24) is 0 Å². The van der Waals surface area contributed by atoms with E-state index in [2.05, 4.69) is 64.8 Å². The molecule has 0 aliphatic rings. The smallest absolute Gasteiger partial charge is 0.311 e. The van der Waals surface area contributed by atoms with E-state index in [1.54, 1.807) is 0 Å². The number of fused-ring (bicyclic) bond motifs is 6. The van der Waals surface area contributed by atoms with Crippen molar-refractivity contribution in [3.8, 4) is 46.8 Å². The van der Waals surface area contributed by atoms with Crippen molar-refractivity contribution < 1.29 is 33.2 Å². The number of unbranched alkanes of at least 4 members (excludes halogenated alkanes) is 11. The topological polar surface area (TPSA) is 72.5 Å². The molecule has 0 saturated heterocycles. The van der Waals surface area contributed by atoms with Crippen LogP contribution in [0.1, 0.15) is 150 Å². The molecule has 4 aromatic rings. The normalized spacial score (nSPS) is 11.2. The number of terminal acetylenes is 1. The van der Waals surface area contributed by atoms with E-state index in [0.717, 1.165) is 159 Å². The Morgan fingerprint density at radius 2 is 0.714 bits per heavy atom. The van der Waals surface area contributed by atoms with Crippen LogP contribution < -0.4 is 28.4 Å². The third-order valence-electron chi connectivity index (χ3n) is 10.1. The van der Waals surface area contributed by atoms with Gasteiger partial charge in [0.05, 0.1) is 33.0 Å². The summed E-state index contributed by atoms with van der Waals surface area (Å²) in [6, 6.07) is 12.5. The molecule has 7 heteroatoms. The Balaban J connectivity index is 1.90. The molecule has 56 heavy (non-hydrogen) atoms. The second-order valence-corrected chi connectivity index (χ2v) is 14.8. The van der Waals surface area contributed by atoms with Crippen molar-refractivity contribution >= 4 is 38.3 Å². The number of hydrogen-bond donors (Lipinski definition) is 0. The van der Waals surface area contributed by atoms with Gasteiger partial charge < -0.3 is 28.4 Å². The average molecular weight is 769 g/mol. The molecular formula is C49H68O7. The van der Waals surface area contributed by atoms with Gasteiger partial charge in [-0.3, -0.25) is 4.79 Å². The highest BCUT2D eigenvalue weighted by Gasteiger charge is 2.21. The van der Waals surface area contributed by atoms with Gasteiger partial charge >= 0.3 is 5.97 Å². The average Bonchev–Trinajstić information content (AvgIpc) is 3.20. The van der Waals surface area contributed by atoms with Crippen molar-refractivity contribution in [3.05, 3.63) is 36.4 Å². The fourth-order valence-corrected chi connectivity index (χ4v) is 6.67. The van der Waals surface area contributed by atoms with E-state index >= 15 is 0 Å². The van der Waals surface area contributed by atoms with Gasteiger partial charge in [0.2, 0.25) is 0 Å². The first-order chi connectivity index (χ1) is 27.5. The number of hydrogen-bond acceptors (Lipinski definition) is 7. The van der Waals surface area contributed by atoms with E-state index < -0.39 is 0 Å². The lowest BCUT2D eigenvalue weighted by atomic mass is 9.93. The first-order valence-corrected chi connectivity index (χ1v) is 21.8. The van der Waals surface area contributed by atoms with Crippen LogP contribution in [0.4, 0.5) is 0 Å². The number of carbonyl (C=O) groups excluding carboxylic acids is 1. The third-order valence-corrected chi connectivity index (χ3v) is 10.1.